The Bertz CT molecular complexity index is 437. The summed E-state index contributed by atoms with van der Waals surface area (Å²) in [4.78, 5) is 12.9. The van der Waals surface area contributed by atoms with Gasteiger partial charge in [-0.3, -0.25) is 4.98 Å². The van der Waals surface area contributed by atoms with Crippen molar-refractivity contribution >= 4 is 0 Å². The van der Waals surface area contributed by atoms with E-state index in [1.165, 1.54) is 24.8 Å². The number of aryl methyl sites for hydroxylation is 1. The van der Waals surface area contributed by atoms with Crippen LogP contribution in [0.1, 0.15) is 31.7 Å². The molecule has 3 heteroatoms. The van der Waals surface area contributed by atoms with E-state index in [1.807, 2.05) is 30.6 Å². The lowest BCUT2D eigenvalue weighted by Gasteiger charge is -2.01. The first-order valence-corrected chi connectivity index (χ1v) is 6.12. The summed E-state index contributed by atoms with van der Waals surface area (Å²) in [5, 5.41) is 0. The van der Waals surface area contributed by atoms with Crippen LogP contribution in [0.4, 0.5) is 0 Å². The molecule has 0 saturated carbocycles. The Hall–Kier alpha value is -1.77. The molecule has 0 fully saturated rings. The maximum absolute atomic E-state index is 4.35. The molecule has 88 valence electrons. The van der Waals surface area contributed by atoms with Crippen molar-refractivity contribution < 1.29 is 0 Å². The summed E-state index contributed by atoms with van der Waals surface area (Å²) < 4.78 is 0. The van der Waals surface area contributed by atoms with E-state index < -0.39 is 0 Å². The highest BCUT2D eigenvalue weighted by molar-refractivity contribution is 5.47. The summed E-state index contributed by atoms with van der Waals surface area (Å²) in [7, 11) is 0. The van der Waals surface area contributed by atoms with Crippen LogP contribution in [0, 0.1) is 0 Å². The average Bonchev–Trinajstić information content (AvgIpc) is 2.41. The highest BCUT2D eigenvalue weighted by Crippen LogP contribution is 2.11. The van der Waals surface area contributed by atoms with Crippen LogP contribution in [-0.2, 0) is 6.42 Å². The maximum Gasteiger partial charge on any atom is 0.178 e. The van der Waals surface area contributed by atoms with E-state index >= 15 is 0 Å². The van der Waals surface area contributed by atoms with Crippen LogP contribution in [0.2, 0.25) is 0 Å². The standard InChI is InChI=1S/C14H17N3/c1-2-3-4-7-12-10-16-14(17-11-12)13-8-5-6-9-15-13/h5-6,8-11H,2-4,7H2,1H3. The van der Waals surface area contributed by atoms with E-state index in [1.54, 1.807) is 6.20 Å². The predicted molar refractivity (Wildman–Crippen MR) is 68.5 cm³/mol. The van der Waals surface area contributed by atoms with Gasteiger partial charge in [-0.05, 0) is 30.5 Å². The molecule has 0 amide bonds. The van der Waals surface area contributed by atoms with Crippen LogP contribution >= 0.6 is 0 Å². The molecule has 0 spiro atoms. The van der Waals surface area contributed by atoms with Gasteiger partial charge in [0, 0.05) is 18.6 Å². The number of unbranched alkanes of at least 4 members (excludes halogenated alkanes) is 2. The molecule has 2 heterocycles. The number of hydrogen-bond acceptors (Lipinski definition) is 3. The smallest absolute Gasteiger partial charge is 0.178 e. The zero-order valence-corrected chi connectivity index (χ0v) is 10.1. The van der Waals surface area contributed by atoms with Gasteiger partial charge in [-0.2, -0.15) is 0 Å². The molecule has 0 aromatic carbocycles. The Morgan fingerprint density at radius 1 is 1.00 bits per heavy atom. The molecule has 17 heavy (non-hydrogen) atoms. The van der Waals surface area contributed by atoms with E-state index in [9.17, 15) is 0 Å². The molecular formula is C14H17N3. The van der Waals surface area contributed by atoms with Crippen molar-refractivity contribution in [1.82, 2.24) is 15.0 Å². The highest BCUT2D eigenvalue weighted by atomic mass is 14.9. The zero-order chi connectivity index (χ0) is 11.9. The molecule has 2 aromatic heterocycles. The van der Waals surface area contributed by atoms with Crippen LogP contribution in [0.25, 0.3) is 11.5 Å². The number of pyridine rings is 1. The molecule has 0 N–H and O–H groups in total. The monoisotopic (exact) mass is 227 g/mol. The highest BCUT2D eigenvalue weighted by Gasteiger charge is 2.01. The van der Waals surface area contributed by atoms with Gasteiger partial charge in [0.1, 0.15) is 5.69 Å². The van der Waals surface area contributed by atoms with Crippen molar-refractivity contribution in [2.45, 2.75) is 32.6 Å². The molecule has 0 unspecified atom stereocenters. The summed E-state index contributed by atoms with van der Waals surface area (Å²) in [6.45, 7) is 2.21. The molecule has 0 radical (unpaired) electrons. The van der Waals surface area contributed by atoms with E-state index in [2.05, 4.69) is 21.9 Å². The van der Waals surface area contributed by atoms with Crippen LogP contribution < -0.4 is 0 Å². The topological polar surface area (TPSA) is 38.7 Å². The molecule has 0 atom stereocenters. The van der Waals surface area contributed by atoms with Crippen LogP contribution in [0.5, 0.6) is 0 Å². The molecule has 0 aliphatic rings. The molecule has 0 aliphatic carbocycles. The molecule has 0 aliphatic heterocycles. The summed E-state index contributed by atoms with van der Waals surface area (Å²) >= 11 is 0. The van der Waals surface area contributed by atoms with Crippen molar-refractivity contribution in [3.05, 3.63) is 42.4 Å². The van der Waals surface area contributed by atoms with E-state index in [0.29, 0.717) is 5.82 Å². The summed E-state index contributed by atoms with van der Waals surface area (Å²) in [5.41, 5.74) is 2.03. The number of nitrogens with zero attached hydrogens (tertiary/aromatic N) is 3. The SMILES string of the molecule is CCCCCc1cnc(-c2ccccn2)nc1. The van der Waals surface area contributed by atoms with Gasteiger partial charge in [-0.25, -0.2) is 9.97 Å². The van der Waals surface area contributed by atoms with Crippen molar-refractivity contribution in [2.75, 3.05) is 0 Å². The van der Waals surface area contributed by atoms with E-state index in [-0.39, 0.29) is 0 Å². The average molecular weight is 227 g/mol. The van der Waals surface area contributed by atoms with Gasteiger partial charge in [0.2, 0.25) is 0 Å². The minimum absolute atomic E-state index is 0.699. The van der Waals surface area contributed by atoms with Crippen LogP contribution in [-0.4, -0.2) is 15.0 Å². The number of hydrogen-bond donors (Lipinski definition) is 0. The maximum atomic E-state index is 4.35. The van der Waals surface area contributed by atoms with Crippen molar-refractivity contribution in [3.8, 4) is 11.5 Å². The second-order valence-electron chi connectivity index (χ2n) is 4.09. The third-order valence-electron chi connectivity index (χ3n) is 2.67. The number of aromatic nitrogens is 3. The fourth-order valence-electron chi connectivity index (χ4n) is 1.69. The predicted octanol–water partition coefficient (Wildman–Crippen LogP) is 3.27. The molecule has 3 nitrogen and oxygen atoms in total. The minimum Gasteiger partial charge on any atom is -0.253 e. The Labute approximate surface area is 102 Å². The molecule has 2 rings (SSSR count). The first-order valence-electron chi connectivity index (χ1n) is 6.12. The minimum atomic E-state index is 0.699. The first-order chi connectivity index (χ1) is 8.40. The Kier molecular flexibility index (Phi) is 4.19. The number of rotatable bonds is 5. The van der Waals surface area contributed by atoms with Gasteiger partial charge in [-0.15, -0.1) is 0 Å². The van der Waals surface area contributed by atoms with Crippen molar-refractivity contribution in [2.24, 2.45) is 0 Å². The largest absolute Gasteiger partial charge is 0.253 e. The zero-order valence-electron chi connectivity index (χ0n) is 10.1. The van der Waals surface area contributed by atoms with Gasteiger partial charge in [-0.1, -0.05) is 25.8 Å². The molecule has 2 aromatic rings. The summed E-state index contributed by atoms with van der Waals surface area (Å²) in [6, 6.07) is 5.76. The summed E-state index contributed by atoms with van der Waals surface area (Å²) in [5.74, 6) is 0.699. The van der Waals surface area contributed by atoms with Gasteiger partial charge in [0.15, 0.2) is 5.82 Å². The van der Waals surface area contributed by atoms with Crippen LogP contribution in [0.3, 0.4) is 0 Å². The lowest BCUT2D eigenvalue weighted by molar-refractivity contribution is 0.714. The lowest BCUT2D eigenvalue weighted by atomic mass is 10.1. The van der Waals surface area contributed by atoms with E-state index in [4.69, 9.17) is 0 Å². The first kappa shape index (κ1) is 11.7. The van der Waals surface area contributed by atoms with Gasteiger partial charge in [0.05, 0.1) is 0 Å². The fraction of sp³-hybridized carbons (Fsp3) is 0.357. The van der Waals surface area contributed by atoms with E-state index in [0.717, 1.165) is 12.1 Å². The van der Waals surface area contributed by atoms with Gasteiger partial charge >= 0.3 is 0 Å². The Morgan fingerprint density at radius 3 is 2.47 bits per heavy atom. The quantitative estimate of drug-likeness (QED) is 0.736. The molecular weight excluding hydrogens is 210 g/mol. The van der Waals surface area contributed by atoms with Crippen molar-refractivity contribution in [3.63, 3.8) is 0 Å². The van der Waals surface area contributed by atoms with Gasteiger partial charge in [0.25, 0.3) is 0 Å². The molecule has 0 saturated heterocycles. The Balaban J connectivity index is 2.03. The normalized spacial score (nSPS) is 10.4. The lowest BCUT2D eigenvalue weighted by Crippen LogP contribution is -1.94. The van der Waals surface area contributed by atoms with Crippen molar-refractivity contribution in [1.29, 1.82) is 0 Å². The third-order valence-corrected chi connectivity index (χ3v) is 2.67. The fourth-order valence-corrected chi connectivity index (χ4v) is 1.69. The second kappa shape index (κ2) is 6.09. The third kappa shape index (κ3) is 3.34. The second-order valence-corrected chi connectivity index (χ2v) is 4.09. The van der Waals surface area contributed by atoms with Crippen LogP contribution in [0.15, 0.2) is 36.8 Å². The summed E-state index contributed by atoms with van der Waals surface area (Å²) in [6.07, 6.45) is 10.4. The molecule has 0 bridgehead atoms. The van der Waals surface area contributed by atoms with Gasteiger partial charge < -0.3 is 0 Å². The Morgan fingerprint density at radius 2 is 1.82 bits per heavy atom.